The molecule has 0 spiro atoms. The van der Waals surface area contributed by atoms with Crippen LogP contribution in [0.5, 0.6) is 0 Å². The van der Waals surface area contributed by atoms with Crippen LogP contribution in [-0.2, 0) is 9.59 Å². The number of rotatable bonds is 11. The zero-order valence-corrected chi connectivity index (χ0v) is 12.5. The lowest BCUT2D eigenvalue weighted by molar-refractivity contribution is -0.138. The molecule has 0 rings (SSSR count). The Hall–Kier alpha value is -0.910. The Kier molecular flexibility index (Phi) is 16.5. The Morgan fingerprint density at radius 2 is 1.43 bits per heavy atom. The van der Waals surface area contributed by atoms with Crippen LogP contribution < -0.4 is 5.73 Å². The maximum Gasteiger partial charge on any atom is 0.321 e. The lowest BCUT2D eigenvalue weighted by Gasteiger charge is -2.17. The molecule has 0 fully saturated rings. The van der Waals surface area contributed by atoms with E-state index in [4.69, 9.17) is 31.3 Å². The molecule has 0 saturated heterocycles. The van der Waals surface area contributed by atoms with Crippen molar-refractivity contribution in [2.45, 2.75) is 6.04 Å². The molecule has 0 heterocycles. The number of aliphatic hydroxyl groups excluding tert-OH is 3. The highest BCUT2D eigenvalue weighted by Crippen LogP contribution is 2.00. The van der Waals surface area contributed by atoms with Gasteiger partial charge in [0.1, 0.15) is 6.04 Å². The van der Waals surface area contributed by atoms with Crippen molar-refractivity contribution < 1.29 is 35.1 Å². The van der Waals surface area contributed by atoms with E-state index >= 15 is 0 Å². The monoisotopic (exact) mass is 328 g/mol. The molecule has 0 aromatic heterocycles. The first kappa shape index (κ1) is 22.4. The fourth-order valence-corrected chi connectivity index (χ4v) is 1.79. The number of aliphatic hydroxyl groups is 3. The topological polar surface area (TPSA) is 165 Å². The summed E-state index contributed by atoms with van der Waals surface area (Å²) in [5.41, 5.74) is 5.09. The first-order chi connectivity index (χ1) is 9.88. The number of thioether (sulfide) groups is 1. The van der Waals surface area contributed by atoms with E-state index in [1.54, 1.807) is 4.90 Å². The van der Waals surface area contributed by atoms with Gasteiger partial charge in [-0.15, -0.1) is 11.8 Å². The van der Waals surface area contributed by atoms with Crippen LogP contribution in [0.1, 0.15) is 0 Å². The Bertz CT molecular complexity index is 267. The summed E-state index contributed by atoms with van der Waals surface area (Å²) >= 11 is 0.992. The number of nitrogens with zero attached hydrogens (tertiary/aromatic N) is 1. The normalized spacial score (nSPS) is 11.7. The number of hydrogen-bond acceptors (Lipinski definition) is 8. The number of aliphatic carboxylic acids is 2. The Balaban J connectivity index is 0. The number of hydrogen-bond donors (Lipinski definition) is 6. The SMILES string of the molecule is N[C@@H](CSCC(=O)O)C(=O)O.OCCN(CCO)CCO. The first-order valence-electron chi connectivity index (χ1n) is 6.21. The summed E-state index contributed by atoms with van der Waals surface area (Å²) in [6.45, 7) is 1.75. The van der Waals surface area contributed by atoms with Crippen LogP contribution in [0.25, 0.3) is 0 Å². The molecule has 0 aromatic carbocycles. The summed E-state index contributed by atoms with van der Waals surface area (Å²) in [4.78, 5) is 21.8. The van der Waals surface area contributed by atoms with Crippen LogP contribution in [0.15, 0.2) is 0 Å². The number of carboxylic acid groups (broad SMARTS) is 2. The van der Waals surface area contributed by atoms with Crippen molar-refractivity contribution in [3.63, 3.8) is 0 Å². The smallest absolute Gasteiger partial charge is 0.321 e. The zero-order valence-electron chi connectivity index (χ0n) is 11.7. The highest BCUT2D eigenvalue weighted by Gasteiger charge is 2.11. The van der Waals surface area contributed by atoms with E-state index in [1.165, 1.54) is 0 Å². The van der Waals surface area contributed by atoms with Gasteiger partial charge in [-0.05, 0) is 0 Å². The van der Waals surface area contributed by atoms with Crippen LogP contribution in [0.3, 0.4) is 0 Å². The van der Waals surface area contributed by atoms with Crippen LogP contribution in [0.2, 0.25) is 0 Å². The maximum atomic E-state index is 10.1. The Labute approximate surface area is 127 Å². The number of carboxylic acids is 2. The van der Waals surface area contributed by atoms with E-state index in [9.17, 15) is 9.59 Å². The largest absolute Gasteiger partial charge is 0.481 e. The molecule has 0 saturated carbocycles. The highest BCUT2D eigenvalue weighted by molar-refractivity contribution is 8.00. The first-order valence-corrected chi connectivity index (χ1v) is 7.37. The Morgan fingerprint density at radius 1 is 1.00 bits per heavy atom. The molecule has 7 N–H and O–H groups in total. The molecule has 126 valence electrons. The lowest BCUT2D eigenvalue weighted by Crippen LogP contribution is -2.32. The van der Waals surface area contributed by atoms with Gasteiger partial charge in [0.05, 0.1) is 25.6 Å². The molecule has 1 atom stereocenters. The minimum atomic E-state index is -1.11. The summed E-state index contributed by atoms with van der Waals surface area (Å²) in [6, 6.07) is -0.973. The summed E-state index contributed by atoms with van der Waals surface area (Å²) in [5, 5.41) is 41.9. The number of carbonyl (C=O) groups is 2. The van der Waals surface area contributed by atoms with Crippen LogP contribution in [0.4, 0.5) is 0 Å². The van der Waals surface area contributed by atoms with Crippen LogP contribution in [-0.4, -0.2) is 99.4 Å². The van der Waals surface area contributed by atoms with Gasteiger partial charge in [-0.25, -0.2) is 0 Å². The quantitative estimate of drug-likeness (QED) is 0.238. The van der Waals surface area contributed by atoms with Gasteiger partial charge in [-0.3, -0.25) is 14.5 Å². The van der Waals surface area contributed by atoms with E-state index in [-0.39, 0.29) is 31.3 Å². The van der Waals surface area contributed by atoms with Gasteiger partial charge < -0.3 is 31.3 Å². The van der Waals surface area contributed by atoms with Crippen LogP contribution >= 0.6 is 11.8 Å². The lowest BCUT2D eigenvalue weighted by atomic mass is 10.4. The van der Waals surface area contributed by atoms with E-state index in [1.807, 2.05) is 0 Å². The van der Waals surface area contributed by atoms with Crippen molar-refractivity contribution in [1.82, 2.24) is 4.90 Å². The summed E-state index contributed by atoms with van der Waals surface area (Å²) in [5.74, 6) is -2.06. The molecule has 0 radical (unpaired) electrons. The van der Waals surface area contributed by atoms with Crippen molar-refractivity contribution in [3.8, 4) is 0 Å². The molecule has 21 heavy (non-hydrogen) atoms. The van der Waals surface area contributed by atoms with Gasteiger partial charge in [-0.1, -0.05) is 0 Å². The summed E-state index contributed by atoms with van der Waals surface area (Å²) in [6.07, 6.45) is 0. The molecule has 0 aromatic rings. The zero-order chi connectivity index (χ0) is 16.7. The van der Waals surface area contributed by atoms with Gasteiger partial charge in [0.2, 0.25) is 0 Å². The third-order valence-electron chi connectivity index (χ3n) is 2.09. The number of nitrogens with two attached hydrogens (primary N) is 1. The molecule has 0 aliphatic carbocycles. The van der Waals surface area contributed by atoms with Gasteiger partial charge in [-0.2, -0.15) is 0 Å². The summed E-state index contributed by atoms with van der Waals surface area (Å²) < 4.78 is 0. The molecule has 0 bridgehead atoms. The highest BCUT2D eigenvalue weighted by atomic mass is 32.2. The maximum absolute atomic E-state index is 10.1. The average molecular weight is 328 g/mol. The minimum absolute atomic E-state index is 0.0694. The molecule has 0 unspecified atom stereocenters. The van der Waals surface area contributed by atoms with Gasteiger partial charge in [0.25, 0.3) is 0 Å². The summed E-state index contributed by atoms with van der Waals surface area (Å²) in [7, 11) is 0. The second kappa shape index (κ2) is 15.5. The van der Waals surface area contributed by atoms with E-state index in [2.05, 4.69) is 0 Å². The van der Waals surface area contributed by atoms with Gasteiger partial charge in [0, 0.05) is 25.4 Å². The van der Waals surface area contributed by atoms with E-state index in [0.29, 0.717) is 19.6 Å². The fourth-order valence-electron chi connectivity index (χ4n) is 1.10. The second-order valence-corrected chi connectivity index (χ2v) is 4.90. The minimum Gasteiger partial charge on any atom is -0.481 e. The fraction of sp³-hybridized carbons (Fsp3) is 0.818. The van der Waals surface area contributed by atoms with Gasteiger partial charge in [0.15, 0.2) is 0 Å². The van der Waals surface area contributed by atoms with Gasteiger partial charge >= 0.3 is 11.9 Å². The molecular formula is C11H24N2O7S. The molecule has 10 heteroatoms. The van der Waals surface area contributed by atoms with E-state index < -0.39 is 18.0 Å². The van der Waals surface area contributed by atoms with Crippen molar-refractivity contribution in [2.24, 2.45) is 5.73 Å². The third kappa shape index (κ3) is 17.0. The molecule has 9 nitrogen and oxygen atoms in total. The van der Waals surface area contributed by atoms with Crippen molar-refractivity contribution >= 4 is 23.7 Å². The molecule has 0 amide bonds. The molecular weight excluding hydrogens is 304 g/mol. The van der Waals surface area contributed by atoms with E-state index in [0.717, 1.165) is 11.8 Å². The standard InChI is InChI=1S/C6H15NO3.C5H9NO4S/c8-4-1-7(2-5-9)3-6-10;6-3(5(9)10)1-11-2-4(7)8/h8-10H,1-6H2;3H,1-2,6H2,(H,7,8)(H,9,10)/t;3-/m.0/s1. The molecule has 0 aliphatic heterocycles. The third-order valence-corrected chi connectivity index (χ3v) is 3.13. The predicted molar refractivity (Wildman–Crippen MR) is 78.3 cm³/mol. The van der Waals surface area contributed by atoms with Crippen molar-refractivity contribution in [2.75, 3.05) is 51.0 Å². The van der Waals surface area contributed by atoms with Crippen molar-refractivity contribution in [3.05, 3.63) is 0 Å². The predicted octanol–water partition coefficient (Wildman–Crippen LogP) is -2.52. The molecule has 0 aliphatic rings. The van der Waals surface area contributed by atoms with Crippen LogP contribution in [0, 0.1) is 0 Å². The average Bonchev–Trinajstić information content (AvgIpc) is 2.39. The van der Waals surface area contributed by atoms with Crippen molar-refractivity contribution in [1.29, 1.82) is 0 Å². The Morgan fingerprint density at radius 3 is 1.71 bits per heavy atom. The second-order valence-electron chi connectivity index (χ2n) is 3.87.